The van der Waals surface area contributed by atoms with Crippen LogP contribution in [0.2, 0.25) is 0 Å². The van der Waals surface area contributed by atoms with Crippen molar-refractivity contribution >= 4 is 6.03 Å². The van der Waals surface area contributed by atoms with Crippen LogP contribution in [-0.4, -0.2) is 55.5 Å². The third kappa shape index (κ3) is 4.99. The summed E-state index contributed by atoms with van der Waals surface area (Å²) in [7, 11) is 1.68. The summed E-state index contributed by atoms with van der Waals surface area (Å²) in [5.41, 5.74) is 0.0901. The molecule has 0 aliphatic carbocycles. The van der Waals surface area contributed by atoms with E-state index in [-0.39, 0.29) is 24.2 Å². The first-order valence-electron chi connectivity index (χ1n) is 7.07. The Kier molecular flexibility index (Phi) is 6.07. The van der Waals surface area contributed by atoms with Crippen molar-refractivity contribution in [2.75, 3.05) is 33.4 Å². The molecule has 2 N–H and O–H groups in total. The Hall–Kier alpha value is -0.810. The van der Waals surface area contributed by atoms with Crippen LogP contribution >= 0.6 is 0 Å². The standard InChI is InChI=1S/C14H28N2O3/c1-14(2,3)12-11(6-5-9-19-12)10-15-13(18)16(4)7-8-17/h11-12,17H,5-10H2,1-4H3,(H,15,18). The molecule has 0 radical (unpaired) electrons. The number of aliphatic hydroxyl groups excluding tert-OH is 1. The SMILES string of the molecule is CN(CCO)C(=O)NCC1CCCOC1C(C)(C)C. The van der Waals surface area contributed by atoms with Crippen molar-refractivity contribution in [2.24, 2.45) is 11.3 Å². The van der Waals surface area contributed by atoms with E-state index in [1.54, 1.807) is 7.05 Å². The van der Waals surface area contributed by atoms with Crippen LogP contribution in [0.25, 0.3) is 0 Å². The lowest BCUT2D eigenvalue weighted by Crippen LogP contribution is -2.47. The molecule has 2 unspecified atom stereocenters. The highest BCUT2D eigenvalue weighted by Crippen LogP contribution is 2.33. The molecule has 5 heteroatoms. The number of nitrogens with zero attached hydrogens (tertiary/aromatic N) is 1. The average Bonchev–Trinajstić information content (AvgIpc) is 2.35. The van der Waals surface area contributed by atoms with Crippen LogP contribution in [0.15, 0.2) is 0 Å². The van der Waals surface area contributed by atoms with Crippen molar-refractivity contribution in [1.29, 1.82) is 0 Å². The number of amides is 2. The van der Waals surface area contributed by atoms with Crippen LogP contribution in [0.5, 0.6) is 0 Å². The number of rotatable bonds is 4. The highest BCUT2D eigenvalue weighted by atomic mass is 16.5. The Labute approximate surface area is 116 Å². The fourth-order valence-corrected chi connectivity index (χ4v) is 2.61. The van der Waals surface area contributed by atoms with Crippen LogP contribution in [0.3, 0.4) is 0 Å². The van der Waals surface area contributed by atoms with Gasteiger partial charge in [0.15, 0.2) is 0 Å². The Morgan fingerprint density at radius 2 is 2.16 bits per heavy atom. The maximum atomic E-state index is 11.8. The van der Waals surface area contributed by atoms with Crippen LogP contribution in [0.1, 0.15) is 33.6 Å². The first-order chi connectivity index (χ1) is 8.86. The quantitative estimate of drug-likeness (QED) is 0.814. The molecule has 112 valence electrons. The minimum absolute atomic E-state index is 0.0128. The first-order valence-corrected chi connectivity index (χ1v) is 7.07. The van der Waals surface area contributed by atoms with E-state index in [0.717, 1.165) is 19.4 Å². The number of nitrogens with one attached hydrogen (secondary N) is 1. The zero-order valence-electron chi connectivity index (χ0n) is 12.6. The number of hydrogen-bond acceptors (Lipinski definition) is 3. The number of ether oxygens (including phenoxy) is 1. The number of carbonyl (C=O) groups is 1. The zero-order valence-corrected chi connectivity index (χ0v) is 12.6. The first kappa shape index (κ1) is 16.2. The van der Waals surface area contributed by atoms with Gasteiger partial charge in [0, 0.05) is 32.7 Å². The maximum absolute atomic E-state index is 11.8. The van der Waals surface area contributed by atoms with Gasteiger partial charge in [0.2, 0.25) is 0 Å². The van der Waals surface area contributed by atoms with E-state index in [2.05, 4.69) is 26.1 Å². The highest BCUT2D eigenvalue weighted by molar-refractivity contribution is 5.73. The maximum Gasteiger partial charge on any atom is 0.317 e. The summed E-state index contributed by atoms with van der Waals surface area (Å²) in [6, 6.07) is -0.132. The molecule has 0 bridgehead atoms. The molecule has 19 heavy (non-hydrogen) atoms. The van der Waals surface area contributed by atoms with Crippen molar-refractivity contribution in [3.05, 3.63) is 0 Å². The van der Waals surface area contributed by atoms with Crippen molar-refractivity contribution in [3.8, 4) is 0 Å². The molecule has 0 aromatic heterocycles. The number of aliphatic hydroxyl groups is 1. The van der Waals surface area contributed by atoms with Gasteiger partial charge in [0.1, 0.15) is 0 Å². The van der Waals surface area contributed by atoms with E-state index in [0.29, 0.717) is 19.0 Å². The fourth-order valence-electron chi connectivity index (χ4n) is 2.61. The Bertz CT molecular complexity index is 289. The summed E-state index contributed by atoms with van der Waals surface area (Å²) in [4.78, 5) is 13.3. The van der Waals surface area contributed by atoms with E-state index in [1.807, 2.05) is 0 Å². The van der Waals surface area contributed by atoms with Gasteiger partial charge in [0.25, 0.3) is 0 Å². The van der Waals surface area contributed by atoms with Crippen LogP contribution in [0, 0.1) is 11.3 Å². The molecule has 0 aromatic rings. The Balaban J connectivity index is 2.47. The predicted molar refractivity (Wildman–Crippen MR) is 75.0 cm³/mol. The summed E-state index contributed by atoms with van der Waals surface area (Å²) in [5, 5.41) is 11.7. The van der Waals surface area contributed by atoms with Gasteiger partial charge in [-0.2, -0.15) is 0 Å². The molecule has 1 aliphatic rings. The molecule has 1 saturated heterocycles. The molecule has 5 nitrogen and oxygen atoms in total. The van der Waals surface area contributed by atoms with Gasteiger partial charge in [-0.3, -0.25) is 0 Å². The smallest absolute Gasteiger partial charge is 0.317 e. The normalized spacial score (nSPS) is 24.1. The molecule has 2 amide bonds. The van der Waals surface area contributed by atoms with Gasteiger partial charge in [-0.25, -0.2) is 4.79 Å². The van der Waals surface area contributed by atoms with Crippen molar-refractivity contribution in [1.82, 2.24) is 10.2 Å². The van der Waals surface area contributed by atoms with Crippen molar-refractivity contribution in [3.63, 3.8) is 0 Å². The molecule has 0 aromatic carbocycles. The van der Waals surface area contributed by atoms with Crippen molar-refractivity contribution < 1.29 is 14.6 Å². The number of hydrogen-bond donors (Lipinski definition) is 2. The van der Waals surface area contributed by atoms with Gasteiger partial charge in [-0.15, -0.1) is 0 Å². The lowest BCUT2D eigenvalue weighted by Gasteiger charge is -2.40. The predicted octanol–water partition coefficient (Wildman–Crippen LogP) is 1.46. The zero-order chi connectivity index (χ0) is 14.5. The summed E-state index contributed by atoms with van der Waals surface area (Å²) in [6.07, 6.45) is 2.33. The molecule has 2 atom stereocenters. The Morgan fingerprint density at radius 3 is 2.74 bits per heavy atom. The minimum atomic E-state index is -0.132. The summed E-state index contributed by atoms with van der Waals surface area (Å²) in [6.45, 7) is 8.32. The molecular weight excluding hydrogens is 244 g/mol. The summed E-state index contributed by atoms with van der Waals surface area (Å²) in [5.74, 6) is 0.361. The molecule has 1 aliphatic heterocycles. The average molecular weight is 272 g/mol. The minimum Gasteiger partial charge on any atom is -0.395 e. The van der Waals surface area contributed by atoms with E-state index in [9.17, 15) is 4.79 Å². The third-order valence-corrected chi connectivity index (χ3v) is 3.60. The van der Waals surface area contributed by atoms with Crippen LogP contribution in [-0.2, 0) is 4.74 Å². The molecular formula is C14H28N2O3. The van der Waals surface area contributed by atoms with Gasteiger partial charge >= 0.3 is 6.03 Å². The lowest BCUT2D eigenvalue weighted by atomic mass is 9.78. The van der Waals surface area contributed by atoms with E-state index < -0.39 is 0 Å². The second-order valence-electron chi connectivity index (χ2n) is 6.39. The molecule has 1 heterocycles. The van der Waals surface area contributed by atoms with Gasteiger partial charge in [0.05, 0.1) is 12.7 Å². The number of carbonyl (C=O) groups excluding carboxylic acids is 1. The van der Waals surface area contributed by atoms with Crippen LogP contribution < -0.4 is 5.32 Å². The number of urea groups is 1. The molecule has 1 rings (SSSR count). The second kappa shape index (κ2) is 7.10. The summed E-state index contributed by atoms with van der Waals surface area (Å²) < 4.78 is 5.89. The van der Waals surface area contributed by atoms with Gasteiger partial charge < -0.3 is 20.1 Å². The lowest BCUT2D eigenvalue weighted by molar-refractivity contribution is -0.0839. The third-order valence-electron chi connectivity index (χ3n) is 3.60. The summed E-state index contributed by atoms with van der Waals surface area (Å²) >= 11 is 0. The van der Waals surface area contributed by atoms with Gasteiger partial charge in [-0.1, -0.05) is 20.8 Å². The highest BCUT2D eigenvalue weighted by Gasteiger charge is 2.35. The van der Waals surface area contributed by atoms with Crippen LogP contribution in [0.4, 0.5) is 4.79 Å². The topological polar surface area (TPSA) is 61.8 Å². The molecule has 0 spiro atoms. The molecule has 1 fully saturated rings. The van der Waals surface area contributed by atoms with Gasteiger partial charge in [-0.05, 0) is 18.3 Å². The van der Waals surface area contributed by atoms with Crippen molar-refractivity contribution in [2.45, 2.75) is 39.7 Å². The van der Waals surface area contributed by atoms with E-state index >= 15 is 0 Å². The number of likely N-dealkylation sites (N-methyl/N-ethyl adjacent to an activating group) is 1. The monoisotopic (exact) mass is 272 g/mol. The van der Waals surface area contributed by atoms with E-state index in [1.165, 1.54) is 4.90 Å². The second-order valence-corrected chi connectivity index (χ2v) is 6.39. The molecule has 0 saturated carbocycles. The fraction of sp³-hybridized carbons (Fsp3) is 0.929. The van der Waals surface area contributed by atoms with E-state index in [4.69, 9.17) is 9.84 Å². The largest absolute Gasteiger partial charge is 0.395 e. The Morgan fingerprint density at radius 1 is 1.47 bits per heavy atom.